The van der Waals surface area contributed by atoms with E-state index in [1.807, 2.05) is 0 Å². The van der Waals surface area contributed by atoms with Crippen molar-refractivity contribution in [3.63, 3.8) is 0 Å². The Balaban J connectivity index is 1.68. The maximum Gasteiger partial charge on any atom is 0.254 e. The molecule has 1 amide bonds. The van der Waals surface area contributed by atoms with Gasteiger partial charge < -0.3 is 14.4 Å². The van der Waals surface area contributed by atoms with Crippen molar-refractivity contribution in [2.75, 3.05) is 6.54 Å². The summed E-state index contributed by atoms with van der Waals surface area (Å²) in [6, 6.07) is 10.9. The molecule has 1 aromatic heterocycles. The summed E-state index contributed by atoms with van der Waals surface area (Å²) in [6.45, 7) is 1.96. The zero-order valence-corrected chi connectivity index (χ0v) is 13.6. The second kappa shape index (κ2) is 5.97. The fraction of sp³-hybridized carbons (Fsp3) is 0.263. The van der Waals surface area contributed by atoms with Crippen LogP contribution in [-0.2, 0) is 0 Å². The van der Waals surface area contributed by atoms with E-state index in [2.05, 4.69) is 4.98 Å². The highest BCUT2D eigenvalue weighted by atomic mass is 19.1. The van der Waals surface area contributed by atoms with Gasteiger partial charge in [0.05, 0.1) is 12.1 Å². The number of nitrogens with zero attached hydrogens (tertiary/aromatic N) is 2. The number of fused-ring (bicyclic) bond motifs is 1. The first-order valence-corrected chi connectivity index (χ1v) is 8.13. The summed E-state index contributed by atoms with van der Waals surface area (Å²) in [7, 11) is 0. The fourth-order valence-electron chi connectivity index (χ4n) is 3.41. The molecule has 0 saturated carbocycles. The molecule has 0 spiro atoms. The lowest BCUT2D eigenvalue weighted by molar-refractivity contribution is 0.0715. The van der Waals surface area contributed by atoms with Crippen LogP contribution in [-0.4, -0.2) is 33.5 Å². The zero-order valence-electron chi connectivity index (χ0n) is 13.6. The lowest BCUT2D eigenvalue weighted by atomic mass is 10.0. The number of amides is 1. The van der Waals surface area contributed by atoms with Gasteiger partial charge in [-0.1, -0.05) is 12.1 Å². The molecule has 0 aliphatic carbocycles. The Labute approximate surface area is 143 Å². The number of aryl methyl sites for hydroxylation is 1. The van der Waals surface area contributed by atoms with Crippen LogP contribution in [0, 0.1) is 12.7 Å². The van der Waals surface area contributed by atoms with Gasteiger partial charge in [0, 0.05) is 19.0 Å². The molecule has 5 nitrogen and oxygen atoms in total. The molecular formula is C19H17FN2O3. The molecule has 0 radical (unpaired) electrons. The van der Waals surface area contributed by atoms with E-state index in [0.717, 1.165) is 0 Å². The predicted octanol–water partition coefficient (Wildman–Crippen LogP) is 3.22. The lowest BCUT2D eigenvalue weighted by Crippen LogP contribution is -2.31. The molecule has 0 bridgehead atoms. The summed E-state index contributed by atoms with van der Waals surface area (Å²) in [5.41, 5.74) is 2.38. The van der Waals surface area contributed by atoms with Gasteiger partial charge in [-0.05, 0) is 42.3 Å². The van der Waals surface area contributed by atoms with Crippen molar-refractivity contribution in [1.82, 2.24) is 9.88 Å². The van der Waals surface area contributed by atoms with Crippen LogP contribution >= 0.6 is 0 Å². The van der Waals surface area contributed by atoms with Crippen LogP contribution in [0.5, 0.6) is 0 Å². The van der Waals surface area contributed by atoms with Gasteiger partial charge in [-0.25, -0.2) is 9.37 Å². The molecule has 6 heteroatoms. The Kier molecular flexibility index (Phi) is 3.77. The average molecular weight is 340 g/mol. The number of aliphatic hydroxyl groups excluding tert-OH is 1. The Morgan fingerprint density at radius 1 is 1.32 bits per heavy atom. The average Bonchev–Trinajstić information content (AvgIpc) is 3.15. The molecule has 3 aromatic rings. The van der Waals surface area contributed by atoms with Gasteiger partial charge in [-0.15, -0.1) is 0 Å². The van der Waals surface area contributed by atoms with Crippen LogP contribution in [0.1, 0.15) is 34.3 Å². The molecule has 25 heavy (non-hydrogen) atoms. The maximum atomic E-state index is 13.6. The number of carbonyl (C=O) groups excluding carboxylic acids is 1. The van der Waals surface area contributed by atoms with Crippen molar-refractivity contribution in [1.29, 1.82) is 0 Å². The van der Waals surface area contributed by atoms with E-state index in [0.29, 0.717) is 34.5 Å². The topological polar surface area (TPSA) is 66.6 Å². The minimum atomic E-state index is -0.631. The van der Waals surface area contributed by atoms with Gasteiger partial charge in [0.1, 0.15) is 11.3 Å². The van der Waals surface area contributed by atoms with E-state index >= 15 is 0 Å². The third kappa shape index (κ3) is 2.89. The number of rotatable bonds is 2. The minimum absolute atomic E-state index is 0.216. The van der Waals surface area contributed by atoms with Gasteiger partial charge in [-0.3, -0.25) is 4.79 Å². The summed E-state index contributed by atoms with van der Waals surface area (Å²) < 4.78 is 19.0. The quantitative estimate of drug-likeness (QED) is 0.778. The van der Waals surface area contributed by atoms with Gasteiger partial charge >= 0.3 is 0 Å². The highest BCUT2D eigenvalue weighted by molar-refractivity contribution is 5.97. The van der Waals surface area contributed by atoms with Gasteiger partial charge in [0.25, 0.3) is 5.91 Å². The molecule has 1 saturated heterocycles. The lowest BCUT2D eigenvalue weighted by Gasteiger charge is -2.25. The normalized spacial score (nSPS) is 20.4. The molecule has 2 unspecified atom stereocenters. The van der Waals surface area contributed by atoms with Crippen molar-refractivity contribution in [2.45, 2.75) is 25.5 Å². The van der Waals surface area contributed by atoms with E-state index < -0.39 is 6.10 Å². The highest BCUT2D eigenvalue weighted by Gasteiger charge is 2.36. The number of benzene rings is 2. The third-order valence-corrected chi connectivity index (χ3v) is 4.52. The van der Waals surface area contributed by atoms with E-state index in [9.17, 15) is 14.3 Å². The third-order valence-electron chi connectivity index (χ3n) is 4.52. The summed E-state index contributed by atoms with van der Waals surface area (Å²) in [5.74, 6) is -0.0413. The van der Waals surface area contributed by atoms with Crippen LogP contribution in [0.15, 0.2) is 46.9 Å². The second-order valence-electron chi connectivity index (χ2n) is 6.33. The summed E-state index contributed by atoms with van der Waals surface area (Å²) >= 11 is 0. The number of aliphatic hydroxyl groups is 1. The van der Waals surface area contributed by atoms with Crippen LogP contribution in [0.3, 0.4) is 0 Å². The molecule has 1 aliphatic rings. The second-order valence-corrected chi connectivity index (χ2v) is 6.33. The van der Waals surface area contributed by atoms with Gasteiger partial charge in [0.2, 0.25) is 0 Å². The number of carbonyl (C=O) groups is 1. The highest BCUT2D eigenvalue weighted by Crippen LogP contribution is 2.34. The summed E-state index contributed by atoms with van der Waals surface area (Å²) in [6.07, 6.45) is -0.243. The van der Waals surface area contributed by atoms with Crippen molar-refractivity contribution < 1.29 is 18.7 Å². The molecule has 4 rings (SSSR count). The van der Waals surface area contributed by atoms with Crippen LogP contribution in [0.2, 0.25) is 0 Å². The van der Waals surface area contributed by atoms with Crippen molar-refractivity contribution in [2.24, 2.45) is 0 Å². The Morgan fingerprint density at radius 3 is 2.96 bits per heavy atom. The number of hydrogen-bond acceptors (Lipinski definition) is 4. The minimum Gasteiger partial charge on any atom is -0.441 e. The van der Waals surface area contributed by atoms with E-state index in [1.165, 1.54) is 12.1 Å². The van der Waals surface area contributed by atoms with E-state index in [4.69, 9.17) is 4.42 Å². The number of hydrogen-bond donors (Lipinski definition) is 1. The molecular weight excluding hydrogens is 323 g/mol. The van der Waals surface area contributed by atoms with Crippen LogP contribution in [0.25, 0.3) is 11.1 Å². The Bertz CT molecular complexity index is 953. The first-order chi connectivity index (χ1) is 12.0. The Hall–Kier alpha value is -2.73. The molecule has 1 fully saturated rings. The number of oxazole rings is 1. The SMILES string of the molecule is Cc1nc2ccc(C(=O)N3CC(O)CC3c3cccc(F)c3)cc2o1. The van der Waals surface area contributed by atoms with Crippen molar-refractivity contribution in [3.05, 3.63) is 65.3 Å². The van der Waals surface area contributed by atoms with Gasteiger partial charge in [-0.2, -0.15) is 0 Å². The largest absolute Gasteiger partial charge is 0.441 e. The molecule has 2 atom stereocenters. The van der Waals surface area contributed by atoms with Crippen LogP contribution in [0.4, 0.5) is 4.39 Å². The maximum absolute atomic E-state index is 13.6. The molecule has 1 aliphatic heterocycles. The van der Waals surface area contributed by atoms with Crippen molar-refractivity contribution in [3.8, 4) is 0 Å². The fourth-order valence-corrected chi connectivity index (χ4v) is 3.41. The summed E-state index contributed by atoms with van der Waals surface area (Å²) in [5, 5.41) is 10.1. The number of aromatic nitrogens is 1. The van der Waals surface area contributed by atoms with Gasteiger partial charge in [0.15, 0.2) is 11.5 Å². The number of halogens is 1. The Morgan fingerprint density at radius 2 is 2.16 bits per heavy atom. The standard InChI is InChI=1S/C19H17FN2O3/c1-11-21-16-6-5-13(8-18(16)25-11)19(24)22-10-15(23)9-17(22)12-3-2-4-14(20)7-12/h2-8,15,17,23H,9-10H2,1H3. The molecule has 2 heterocycles. The smallest absolute Gasteiger partial charge is 0.254 e. The van der Waals surface area contributed by atoms with Crippen LogP contribution < -0.4 is 0 Å². The number of β-amino-alcohol motifs (C(OH)–C–C–N with tert-alkyl or cyclic N) is 1. The zero-order chi connectivity index (χ0) is 17.6. The molecule has 2 aromatic carbocycles. The number of likely N-dealkylation sites (tertiary alicyclic amines) is 1. The predicted molar refractivity (Wildman–Crippen MR) is 89.5 cm³/mol. The first kappa shape index (κ1) is 15.8. The van der Waals surface area contributed by atoms with E-state index in [-0.39, 0.29) is 24.3 Å². The monoisotopic (exact) mass is 340 g/mol. The molecule has 128 valence electrons. The first-order valence-electron chi connectivity index (χ1n) is 8.13. The van der Waals surface area contributed by atoms with E-state index in [1.54, 1.807) is 42.2 Å². The summed E-state index contributed by atoms with van der Waals surface area (Å²) in [4.78, 5) is 18.8. The molecule has 1 N–H and O–H groups in total. The van der Waals surface area contributed by atoms with Crippen molar-refractivity contribution >= 4 is 17.0 Å².